The Morgan fingerprint density at radius 2 is 1.93 bits per heavy atom. The quantitative estimate of drug-likeness (QED) is 0.703. The predicted octanol–water partition coefficient (Wildman–Crippen LogP) is 3.73. The van der Waals surface area contributed by atoms with Crippen molar-refractivity contribution in [1.29, 1.82) is 0 Å². The van der Waals surface area contributed by atoms with Crippen LogP contribution in [0.5, 0.6) is 5.75 Å². The molecule has 3 aromatic rings. The monoisotopic (exact) mass is 396 g/mol. The Hall–Kier alpha value is -3.32. The molecule has 2 heterocycles. The molecule has 1 aliphatic heterocycles. The first kappa shape index (κ1) is 18.1. The third-order valence-corrected chi connectivity index (χ3v) is 4.73. The Bertz CT molecular complexity index is 1030. The van der Waals surface area contributed by atoms with Crippen molar-refractivity contribution in [1.82, 2.24) is 9.78 Å². The van der Waals surface area contributed by atoms with E-state index in [1.54, 1.807) is 42.1 Å². The van der Waals surface area contributed by atoms with E-state index in [1.807, 2.05) is 24.3 Å². The number of halogens is 1. The molecule has 0 spiro atoms. The SMILES string of the molecule is COc1ccc(-c2cc3n(n2)C(C(=O)Nc2ccc(Cl)cc2)CC(=O)N3)cc1. The third-order valence-electron chi connectivity index (χ3n) is 4.48. The smallest absolute Gasteiger partial charge is 0.249 e. The van der Waals surface area contributed by atoms with Crippen LogP contribution < -0.4 is 15.4 Å². The lowest BCUT2D eigenvalue weighted by Gasteiger charge is -2.23. The molecule has 2 aromatic carbocycles. The number of anilines is 2. The van der Waals surface area contributed by atoms with Crippen molar-refractivity contribution in [3.05, 3.63) is 59.6 Å². The van der Waals surface area contributed by atoms with Gasteiger partial charge in [-0.15, -0.1) is 0 Å². The number of nitrogens with zero attached hydrogens (tertiary/aromatic N) is 2. The minimum atomic E-state index is -0.744. The highest BCUT2D eigenvalue weighted by Gasteiger charge is 2.32. The molecule has 0 saturated carbocycles. The zero-order valence-electron chi connectivity index (χ0n) is 15.0. The van der Waals surface area contributed by atoms with Crippen molar-refractivity contribution in [2.45, 2.75) is 12.5 Å². The molecule has 2 amide bonds. The van der Waals surface area contributed by atoms with Crippen molar-refractivity contribution in [3.63, 3.8) is 0 Å². The predicted molar refractivity (Wildman–Crippen MR) is 107 cm³/mol. The number of carbonyl (C=O) groups excluding carboxylic acids is 2. The molecule has 0 radical (unpaired) electrons. The van der Waals surface area contributed by atoms with Gasteiger partial charge in [-0.3, -0.25) is 9.59 Å². The molecule has 1 aromatic heterocycles. The van der Waals surface area contributed by atoms with Gasteiger partial charge in [0, 0.05) is 22.3 Å². The molecule has 4 rings (SSSR count). The molecule has 0 fully saturated rings. The largest absolute Gasteiger partial charge is 0.497 e. The number of nitrogens with one attached hydrogen (secondary N) is 2. The van der Waals surface area contributed by atoms with Gasteiger partial charge in [0.05, 0.1) is 19.2 Å². The van der Waals surface area contributed by atoms with Gasteiger partial charge in [0.25, 0.3) is 0 Å². The maximum atomic E-state index is 12.8. The highest BCUT2D eigenvalue weighted by molar-refractivity contribution is 6.30. The molecule has 7 nitrogen and oxygen atoms in total. The first-order chi connectivity index (χ1) is 13.5. The number of carbonyl (C=O) groups is 2. The minimum absolute atomic E-state index is 0.0101. The zero-order valence-corrected chi connectivity index (χ0v) is 15.7. The van der Waals surface area contributed by atoms with Crippen LogP contribution in [0.15, 0.2) is 54.6 Å². The van der Waals surface area contributed by atoms with Crippen LogP contribution >= 0.6 is 11.6 Å². The molecule has 0 bridgehead atoms. The number of fused-ring (bicyclic) bond motifs is 1. The maximum Gasteiger partial charge on any atom is 0.249 e. The van der Waals surface area contributed by atoms with Crippen molar-refractivity contribution in [2.75, 3.05) is 17.7 Å². The molecule has 1 atom stereocenters. The molecular formula is C20H17ClN4O3. The van der Waals surface area contributed by atoms with Crippen molar-refractivity contribution < 1.29 is 14.3 Å². The summed E-state index contributed by atoms with van der Waals surface area (Å²) in [6.45, 7) is 0. The highest BCUT2D eigenvalue weighted by Crippen LogP contribution is 2.31. The lowest BCUT2D eigenvalue weighted by Crippen LogP contribution is -2.35. The Morgan fingerprint density at radius 3 is 2.61 bits per heavy atom. The molecule has 2 N–H and O–H groups in total. The lowest BCUT2D eigenvalue weighted by atomic mass is 10.1. The Labute approximate surface area is 166 Å². The van der Waals surface area contributed by atoms with E-state index in [4.69, 9.17) is 16.3 Å². The highest BCUT2D eigenvalue weighted by atomic mass is 35.5. The van der Waals surface area contributed by atoms with Gasteiger partial charge in [0.2, 0.25) is 11.8 Å². The van der Waals surface area contributed by atoms with E-state index >= 15 is 0 Å². The Balaban J connectivity index is 1.62. The van der Waals surface area contributed by atoms with Crippen molar-refractivity contribution in [3.8, 4) is 17.0 Å². The van der Waals surface area contributed by atoms with E-state index in [-0.39, 0.29) is 18.2 Å². The molecule has 8 heteroatoms. The molecule has 142 valence electrons. The van der Waals surface area contributed by atoms with Crippen LogP contribution in [0.2, 0.25) is 5.02 Å². The van der Waals surface area contributed by atoms with Crippen LogP contribution in [0.25, 0.3) is 11.3 Å². The second kappa shape index (κ2) is 7.36. The maximum absolute atomic E-state index is 12.8. The van der Waals surface area contributed by atoms with Crippen molar-refractivity contribution in [2.24, 2.45) is 0 Å². The van der Waals surface area contributed by atoms with E-state index in [9.17, 15) is 9.59 Å². The minimum Gasteiger partial charge on any atom is -0.497 e. The van der Waals surface area contributed by atoms with E-state index in [0.29, 0.717) is 22.2 Å². The van der Waals surface area contributed by atoms with Gasteiger partial charge in [-0.05, 0) is 48.5 Å². The number of rotatable bonds is 4. The normalized spacial score (nSPS) is 15.5. The van der Waals surface area contributed by atoms with Crippen LogP contribution in [0.1, 0.15) is 12.5 Å². The standard InChI is InChI=1S/C20H17ClN4O3/c1-28-15-8-2-12(3-9-15)16-10-18-23-19(26)11-17(25(18)24-16)20(27)22-14-6-4-13(21)5-7-14/h2-10,17H,11H2,1H3,(H,22,27)(H,23,26). The second-order valence-electron chi connectivity index (χ2n) is 6.35. The second-order valence-corrected chi connectivity index (χ2v) is 6.79. The summed E-state index contributed by atoms with van der Waals surface area (Å²) >= 11 is 5.88. The van der Waals surface area contributed by atoms with E-state index in [1.165, 1.54) is 0 Å². The Morgan fingerprint density at radius 1 is 1.21 bits per heavy atom. The average molecular weight is 397 g/mol. The number of benzene rings is 2. The van der Waals surface area contributed by atoms with Crippen LogP contribution in [0, 0.1) is 0 Å². The molecule has 0 aliphatic carbocycles. The van der Waals surface area contributed by atoms with Crippen LogP contribution in [0.3, 0.4) is 0 Å². The summed E-state index contributed by atoms with van der Waals surface area (Å²) in [6.07, 6.45) is 0.0101. The van der Waals surface area contributed by atoms with Gasteiger partial charge in [0.15, 0.2) is 0 Å². The number of aromatic nitrogens is 2. The molecule has 1 aliphatic rings. The fraction of sp³-hybridized carbons (Fsp3) is 0.150. The van der Waals surface area contributed by atoms with Gasteiger partial charge in [-0.25, -0.2) is 4.68 Å². The first-order valence-corrected chi connectivity index (χ1v) is 9.01. The number of hydrogen-bond donors (Lipinski definition) is 2. The van der Waals surface area contributed by atoms with Crippen LogP contribution in [0.4, 0.5) is 11.5 Å². The third kappa shape index (κ3) is 3.57. The van der Waals surface area contributed by atoms with E-state index in [0.717, 1.165) is 11.3 Å². The summed E-state index contributed by atoms with van der Waals surface area (Å²) in [5, 5.41) is 10.7. The topological polar surface area (TPSA) is 85.2 Å². The molecule has 1 unspecified atom stereocenters. The zero-order chi connectivity index (χ0) is 19.7. The van der Waals surface area contributed by atoms with E-state index in [2.05, 4.69) is 15.7 Å². The lowest BCUT2D eigenvalue weighted by molar-refractivity contribution is -0.125. The number of amides is 2. The number of methoxy groups -OCH3 is 1. The van der Waals surface area contributed by atoms with Gasteiger partial charge < -0.3 is 15.4 Å². The molecular weight excluding hydrogens is 380 g/mol. The number of hydrogen-bond acceptors (Lipinski definition) is 4. The Kier molecular flexibility index (Phi) is 4.75. The molecule has 28 heavy (non-hydrogen) atoms. The summed E-state index contributed by atoms with van der Waals surface area (Å²) in [5.41, 5.74) is 2.11. The van der Waals surface area contributed by atoms with Gasteiger partial charge in [0.1, 0.15) is 17.6 Å². The summed E-state index contributed by atoms with van der Waals surface area (Å²) in [7, 11) is 1.60. The van der Waals surface area contributed by atoms with Gasteiger partial charge >= 0.3 is 0 Å². The van der Waals surface area contributed by atoms with Gasteiger partial charge in [-0.2, -0.15) is 5.10 Å². The average Bonchev–Trinajstić information content (AvgIpc) is 3.13. The van der Waals surface area contributed by atoms with Crippen LogP contribution in [-0.4, -0.2) is 28.7 Å². The summed E-state index contributed by atoms with van der Waals surface area (Å²) in [5.74, 6) is 0.673. The first-order valence-electron chi connectivity index (χ1n) is 8.64. The van der Waals surface area contributed by atoms with Crippen LogP contribution in [-0.2, 0) is 9.59 Å². The molecule has 0 saturated heterocycles. The van der Waals surface area contributed by atoms with Gasteiger partial charge in [-0.1, -0.05) is 11.6 Å². The summed E-state index contributed by atoms with van der Waals surface area (Å²) in [6, 6.07) is 15.2. The fourth-order valence-corrected chi connectivity index (χ4v) is 3.17. The summed E-state index contributed by atoms with van der Waals surface area (Å²) in [4.78, 5) is 24.9. The van der Waals surface area contributed by atoms with E-state index < -0.39 is 6.04 Å². The van der Waals surface area contributed by atoms with Crippen molar-refractivity contribution >= 4 is 34.9 Å². The fourth-order valence-electron chi connectivity index (χ4n) is 3.05. The summed E-state index contributed by atoms with van der Waals surface area (Å²) < 4.78 is 6.72. The number of ether oxygens (including phenoxy) is 1.